The van der Waals surface area contributed by atoms with Crippen molar-refractivity contribution in [3.63, 3.8) is 0 Å². The van der Waals surface area contributed by atoms with E-state index in [1.165, 1.54) is 0 Å². The van der Waals surface area contributed by atoms with Crippen molar-refractivity contribution in [2.24, 2.45) is 0 Å². The second kappa shape index (κ2) is 7.62. The quantitative estimate of drug-likeness (QED) is 0.494. The number of benzene rings is 2. The van der Waals surface area contributed by atoms with E-state index in [0.717, 1.165) is 49.5 Å². The summed E-state index contributed by atoms with van der Waals surface area (Å²) in [7, 11) is 0. The van der Waals surface area contributed by atoms with Gasteiger partial charge in [-0.1, -0.05) is 35.6 Å². The molecule has 1 amide bonds. The van der Waals surface area contributed by atoms with Crippen molar-refractivity contribution in [3.8, 4) is 0 Å². The van der Waals surface area contributed by atoms with Crippen LogP contribution in [0, 0.1) is 10.5 Å². The van der Waals surface area contributed by atoms with Crippen molar-refractivity contribution < 1.29 is 9.53 Å². The summed E-state index contributed by atoms with van der Waals surface area (Å²) in [6, 6.07) is 13.9. The van der Waals surface area contributed by atoms with E-state index < -0.39 is 0 Å². The largest absolute Gasteiger partial charge is 0.376 e. The molecule has 0 radical (unpaired) electrons. The molecule has 2 heterocycles. The molecule has 1 aromatic heterocycles. The number of para-hydroxylation sites is 1. The summed E-state index contributed by atoms with van der Waals surface area (Å²) in [5.41, 5.74) is 2.76. The van der Waals surface area contributed by atoms with Crippen LogP contribution in [-0.2, 0) is 4.74 Å². The summed E-state index contributed by atoms with van der Waals surface area (Å²) in [6.07, 6.45) is 2.11. The molecular weight excluding hydrogens is 459 g/mol. The zero-order valence-corrected chi connectivity index (χ0v) is 17.4. The van der Waals surface area contributed by atoms with Crippen LogP contribution in [0.2, 0.25) is 0 Å². The van der Waals surface area contributed by atoms with Gasteiger partial charge in [-0.25, -0.2) is 4.98 Å². The van der Waals surface area contributed by atoms with Crippen LogP contribution < -0.4 is 4.90 Å². The summed E-state index contributed by atoms with van der Waals surface area (Å²) in [4.78, 5) is 19.9. The molecule has 1 saturated heterocycles. The second-order valence-corrected chi connectivity index (χ2v) is 8.54. The summed E-state index contributed by atoms with van der Waals surface area (Å²) in [5.74, 6) is -0.00680. The van der Waals surface area contributed by atoms with Crippen LogP contribution in [0.4, 0.5) is 5.13 Å². The third kappa shape index (κ3) is 3.50. The minimum absolute atomic E-state index is 0.00680. The molecule has 1 fully saturated rings. The van der Waals surface area contributed by atoms with Crippen LogP contribution in [0.1, 0.15) is 28.8 Å². The molecule has 0 bridgehead atoms. The molecule has 134 valence electrons. The van der Waals surface area contributed by atoms with E-state index in [-0.39, 0.29) is 12.0 Å². The lowest BCUT2D eigenvalue weighted by atomic mass is 10.1. The Morgan fingerprint density at radius 1 is 1.31 bits per heavy atom. The SMILES string of the molecule is Cc1cccc(C(=O)N(C[C@@H]2CCCO2)c2nc3ccccc3s2)c1I. The predicted molar refractivity (Wildman–Crippen MR) is 114 cm³/mol. The maximum atomic E-state index is 13.4. The number of carbonyl (C=O) groups excluding carboxylic acids is 1. The van der Waals surface area contributed by atoms with Gasteiger partial charge in [0.05, 0.1) is 28.4 Å². The number of ether oxygens (including phenoxy) is 1. The molecule has 0 aliphatic carbocycles. The molecule has 3 aromatic rings. The van der Waals surface area contributed by atoms with E-state index >= 15 is 0 Å². The predicted octanol–water partition coefficient (Wildman–Crippen LogP) is 5.04. The molecule has 2 aromatic carbocycles. The Bertz CT molecular complexity index is 917. The Hall–Kier alpha value is -1.51. The van der Waals surface area contributed by atoms with E-state index in [1.807, 2.05) is 49.4 Å². The van der Waals surface area contributed by atoms with Crippen molar-refractivity contribution in [1.82, 2.24) is 4.98 Å². The lowest BCUT2D eigenvalue weighted by Crippen LogP contribution is -2.38. The fraction of sp³-hybridized carbons (Fsp3) is 0.300. The third-order valence-electron chi connectivity index (χ3n) is 4.59. The normalized spacial score (nSPS) is 16.9. The van der Waals surface area contributed by atoms with Crippen LogP contribution in [-0.4, -0.2) is 30.1 Å². The van der Waals surface area contributed by atoms with Gasteiger partial charge in [0.2, 0.25) is 0 Å². The van der Waals surface area contributed by atoms with Crippen LogP contribution >= 0.6 is 33.9 Å². The number of amides is 1. The maximum absolute atomic E-state index is 13.4. The van der Waals surface area contributed by atoms with E-state index in [0.29, 0.717) is 6.54 Å². The summed E-state index contributed by atoms with van der Waals surface area (Å²) in [5, 5.41) is 0.740. The van der Waals surface area contributed by atoms with E-state index in [9.17, 15) is 4.79 Å². The Labute approximate surface area is 170 Å². The minimum atomic E-state index is -0.00680. The highest BCUT2D eigenvalue weighted by Crippen LogP contribution is 2.31. The number of aryl methyl sites for hydroxylation is 1. The fourth-order valence-electron chi connectivity index (χ4n) is 3.17. The second-order valence-electron chi connectivity index (χ2n) is 6.45. The standard InChI is InChI=1S/C20H19IN2O2S/c1-13-6-4-8-15(18(13)21)19(24)23(12-14-7-5-11-25-14)20-22-16-9-2-3-10-17(16)26-20/h2-4,6,8-10,14H,5,7,11-12H2,1H3/t14-/m0/s1. The lowest BCUT2D eigenvalue weighted by Gasteiger charge is -2.23. The van der Waals surface area contributed by atoms with Gasteiger partial charge >= 0.3 is 0 Å². The molecule has 1 aliphatic rings. The molecule has 0 spiro atoms. The number of halogens is 1. The molecule has 0 N–H and O–H groups in total. The molecule has 0 saturated carbocycles. The first-order valence-electron chi connectivity index (χ1n) is 8.67. The molecule has 0 unspecified atom stereocenters. The monoisotopic (exact) mass is 478 g/mol. The van der Waals surface area contributed by atoms with E-state index in [1.54, 1.807) is 16.2 Å². The Balaban J connectivity index is 1.74. The highest BCUT2D eigenvalue weighted by molar-refractivity contribution is 14.1. The van der Waals surface area contributed by atoms with Gasteiger partial charge in [-0.05, 0) is 66.1 Å². The van der Waals surface area contributed by atoms with Gasteiger partial charge in [0.25, 0.3) is 5.91 Å². The summed E-state index contributed by atoms with van der Waals surface area (Å²) < 4.78 is 7.88. The van der Waals surface area contributed by atoms with Crippen LogP contribution in [0.5, 0.6) is 0 Å². The average Bonchev–Trinajstić information content (AvgIpc) is 3.30. The zero-order chi connectivity index (χ0) is 18.1. The highest BCUT2D eigenvalue weighted by atomic mass is 127. The number of fused-ring (bicyclic) bond motifs is 1. The van der Waals surface area contributed by atoms with Crippen molar-refractivity contribution in [3.05, 3.63) is 57.2 Å². The van der Waals surface area contributed by atoms with Gasteiger partial charge in [-0.15, -0.1) is 0 Å². The average molecular weight is 478 g/mol. The molecule has 1 atom stereocenters. The van der Waals surface area contributed by atoms with Gasteiger partial charge in [-0.2, -0.15) is 0 Å². The number of carbonyl (C=O) groups is 1. The number of hydrogen-bond acceptors (Lipinski definition) is 4. The van der Waals surface area contributed by atoms with Crippen molar-refractivity contribution >= 4 is 55.2 Å². The van der Waals surface area contributed by atoms with Crippen molar-refractivity contribution in [1.29, 1.82) is 0 Å². The Morgan fingerprint density at radius 3 is 2.92 bits per heavy atom. The van der Waals surface area contributed by atoms with Crippen molar-refractivity contribution in [2.75, 3.05) is 18.1 Å². The van der Waals surface area contributed by atoms with Crippen LogP contribution in [0.15, 0.2) is 42.5 Å². The first-order valence-corrected chi connectivity index (χ1v) is 10.6. The lowest BCUT2D eigenvalue weighted by molar-refractivity contribution is 0.0916. The van der Waals surface area contributed by atoms with E-state index in [2.05, 4.69) is 22.6 Å². The first kappa shape index (κ1) is 17.9. The van der Waals surface area contributed by atoms with Gasteiger partial charge in [0, 0.05) is 10.2 Å². The third-order valence-corrected chi connectivity index (χ3v) is 7.08. The maximum Gasteiger partial charge on any atom is 0.261 e. The number of rotatable bonds is 4. The smallest absolute Gasteiger partial charge is 0.261 e. The van der Waals surface area contributed by atoms with Gasteiger partial charge < -0.3 is 4.74 Å². The Morgan fingerprint density at radius 2 is 2.15 bits per heavy atom. The number of aromatic nitrogens is 1. The van der Waals surface area contributed by atoms with Crippen molar-refractivity contribution in [2.45, 2.75) is 25.9 Å². The molecule has 26 heavy (non-hydrogen) atoms. The summed E-state index contributed by atoms with van der Waals surface area (Å²) >= 11 is 3.81. The summed E-state index contributed by atoms with van der Waals surface area (Å²) in [6.45, 7) is 3.35. The molecule has 4 nitrogen and oxygen atoms in total. The highest BCUT2D eigenvalue weighted by Gasteiger charge is 2.28. The number of nitrogens with zero attached hydrogens (tertiary/aromatic N) is 2. The van der Waals surface area contributed by atoms with Crippen LogP contribution in [0.3, 0.4) is 0 Å². The van der Waals surface area contributed by atoms with Gasteiger partial charge in [0.1, 0.15) is 0 Å². The number of anilines is 1. The molecular formula is C20H19IN2O2S. The Kier molecular flexibility index (Phi) is 5.24. The first-order chi connectivity index (χ1) is 12.6. The van der Waals surface area contributed by atoms with E-state index in [4.69, 9.17) is 9.72 Å². The minimum Gasteiger partial charge on any atom is -0.376 e. The molecule has 4 rings (SSSR count). The zero-order valence-electron chi connectivity index (χ0n) is 14.4. The topological polar surface area (TPSA) is 42.4 Å². The van der Waals surface area contributed by atoms with Gasteiger partial charge in [0.15, 0.2) is 5.13 Å². The number of thiazole rings is 1. The fourth-order valence-corrected chi connectivity index (χ4v) is 4.74. The van der Waals surface area contributed by atoms with Gasteiger partial charge in [-0.3, -0.25) is 9.69 Å². The molecule has 1 aliphatic heterocycles. The molecule has 6 heteroatoms. The van der Waals surface area contributed by atoms with Crippen LogP contribution in [0.25, 0.3) is 10.2 Å². The number of hydrogen-bond donors (Lipinski definition) is 0.